The Morgan fingerprint density at radius 3 is 2.37 bits per heavy atom. The third-order valence-corrected chi connectivity index (χ3v) is 8.34. The molecule has 0 radical (unpaired) electrons. The number of benzene rings is 2. The predicted molar refractivity (Wildman–Crippen MR) is 142 cm³/mol. The van der Waals surface area contributed by atoms with E-state index in [9.17, 15) is 18.0 Å². The largest absolute Gasteiger partial charge is 0.497 e. The summed E-state index contributed by atoms with van der Waals surface area (Å²) in [6.45, 7) is 1.78. The monoisotopic (exact) mass is 534 g/mol. The summed E-state index contributed by atoms with van der Waals surface area (Å²) in [6.07, 6.45) is 0.432. The van der Waals surface area contributed by atoms with E-state index in [1.54, 1.807) is 61.2 Å². The van der Waals surface area contributed by atoms with Crippen LogP contribution in [0.25, 0.3) is 22.3 Å². The van der Waals surface area contributed by atoms with Crippen molar-refractivity contribution in [3.05, 3.63) is 71.4 Å². The van der Waals surface area contributed by atoms with Gasteiger partial charge in [-0.1, -0.05) is 0 Å². The van der Waals surface area contributed by atoms with Crippen molar-refractivity contribution in [1.82, 2.24) is 14.8 Å². The molecule has 196 valence electrons. The first-order valence-corrected chi connectivity index (χ1v) is 13.8. The van der Waals surface area contributed by atoms with Crippen LogP contribution in [-0.4, -0.2) is 60.8 Å². The number of hydrogen-bond acceptors (Lipinski definition) is 8. The van der Waals surface area contributed by atoms with E-state index in [0.717, 1.165) is 5.56 Å². The molecule has 10 nitrogen and oxygen atoms in total. The van der Waals surface area contributed by atoms with Gasteiger partial charge < -0.3 is 14.8 Å². The summed E-state index contributed by atoms with van der Waals surface area (Å²) in [6, 6.07) is 15.0. The van der Waals surface area contributed by atoms with Crippen LogP contribution in [-0.2, 0) is 14.6 Å². The van der Waals surface area contributed by atoms with Crippen LogP contribution in [0.5, 0.6) is 5.75 Å². The Kier molecular flexibility index (Phi) is 6.62. The molecule has 2 aromatic heterocycles. The molecule has 1 unspecified atom stereocenters. The number of rotatable bonds is 6. The highest BCUT2D eigenvalue weighted by molar-refractivity contribution is 7.91. The molecule has 4 aromatic rings. The zero-order chi connectivity index (χ0) is 27.0. The molecule has 1 fully saturated rings. The molecule has 38 heavy (non-hydrogen) atoms. The first-order valence-electron chi connectivity index (χ1n) is 11.9. The van der Waals surface area contributed by atoms with Crippen LogP contribution in [0, 0.1) is 6.92 Å². The fourth-order valence-corrected chi connectivity index (χ4v) is 6.32. The molecule has 2 aromatic carbocycles. The third kappa shape index (κ3) is 4.84. The summed E-state index contributed by atoms with van der Waals surface area (Å²) in [5.41, 5.74) is 3.52. The van der Waals surface area contributed by atoms with Crippen LogP contribution >= 0.6 is 0 Å². The molecule has 0 aliphatic carbocycles. The first kappa shape index (κ1) is 25.4. The van der Waals surface area contributed by atoms with Gasteiger partial charge >= 0.3 is 5.97 Å². The van der Waals surface area contributed by atoms with Crippen molar-refractivity contribution >= 4 is 38.4 Å². The third-order valence-electron chi connectivity index (χ3n) is 6.59. The van der Waals surface area contributed by atoms with Gasteiger partial charge in [-0.25, -0.2) is 22.9 Å². The van der Waals surface area contributed by atoms with Gasteiger partial charge in [-0.05, 0) is 67.9 Å². The molecule has 1 amide bonds. The maximum absolute atomic E-state index is 13.6. The Balaban J connectivity index is 1.60. The second-order valence-electron chi connectivity index (χ2n) is 9.09. The summed E-state index contributed by atoms with van der Waals surface area (Å²) in [5, 5.41) is 8.06. The predicted octanol–water partition coefficient (Wildman–Crippen LogP) is 3.81. The number of nitrogens with one attached hydrogen (secondary N) is 1. The quantitative estimate of drug-likeness (QED) is 0.370. The Bertz CT molecular complexity index is 1640. The minimum atomic E-state index is -3.17. The smallest absolute Gasteiger partial charge is 0.337 e. The van der Waals surface area contributed by atoms with Crippen molar-refractivity contribution in [3.63, 3.8) is 0 Å². The maximum Gasteiger partial charge on any atom is 0.337 e. The zero-order valence-corrected chi connectivity index (χ0v) is 21.9. The van der Waals surface area contributed by atoms with Crippen molar-refractivity contribution in [2.45, 2.75) is 19.4 Å². The fourth-order valence-electron chi connectivity index (χ4n) is 4.63. The van der Waals surface area contributed by atoms with Gasteiger partial charge in [-0.3, -0.25) is 4.79 Å². The van der Waals surface area contributed by atoms with Gasteiger partial charge in [0.25, 0.3) is 5.91 Å². The van der Waals surface area contributed by atoms with Crippen molar-refractivity contribution in [3.8, 4) is 17.0 Å². The number of esters is 1. The second kappa shape index (κ2) is 9.90. The van der Waals surface area contributed by atoms with Crippen LogP contribution < -0.4 is 10.1 Å². The highest BCUT2D eigenvalue weighted by atomic mass is 32.2. The Hall–Kier alpha value is -4.25. The molecule has 1 atom stereocenters. The van der Waals surface area contributed by atoms with Gasteiger partial charge in [-0.2, -0.15) is 5.10 Å². The molecule has 1 aliphatic heterocycles. The maximum atomic E-state index is 13.6. The van der Waals surface area contributed by atoms with E-state index < -0.39 is 15.8 Å². The van der Waals surface area contributed by atoms with Gasteiger partial charge in [0, 0.05) is 11.3 Å². The number of aromatic nitrogens is 3. The molecule has 1 N–H and O–H groups in total. The van der Waals surface area contributed by atoms with E-state index >= 15 is 0 Å². The lowest BCUT2D eigenvalue weighted by Crippen LogP contribution is -2.15. The number of nitrogens with zero attached hydrogens (tertiary/aromatic N) is 3. The number of amides is 1. The Morgan fingerprint density at radius 1 is 1.05 bits per heavy atom. The van der Waals surface area contributed by atoms with E-state index in [4.69, 9.17) is 14.5 Å². The average Bonchev–Trinajstić information content (AvgIpc) is 3.46. The van der Waals surface area contributed by atoms with Gasteiger partial charge in [-0.15, -0.1) is 0 Å². The molecule has 1 aliphatic rings. The van der Waals surface area contributed by atoms with E-state index in [0.29, 0.717) is 51.4 Å². The summed E-state index contributed by atoms with van der Waals surface area (Å²) in [5.74, 6) is -0.114. The van der Waals surface area contributed by atoms with Crippen LogP contribution in [0.15, 0.2) is 54.6 Å². The fraction of sp³-hybridized carbons (Fsp3) is 0.259. The van der Waals surface area contributed by atoms with Crippen LogP contribution in [0.3, 0.4) is 0 Å². The molecule has 1 saturated heterocycles. The number of aryl methyl sites for hydroxylation is 1. The molecule has 0 saturated carbocycles. The Labute approximate surface area is 219 Å². The first-order chi connectivity index (χ1) is 18.2. The molecule has 3 heterocycles. The lowest BCUT2D eigenvalue weighted by atomic mass is 10.0. The number of carbonyl (C=O) groups excluding carboxylic acids is 2. The lowest BCUT2D eigenvalue weighted by molar-refractivity contribution is 0.0600. The van der Waals surface area contributed by atoms with Crippen LogP contribution in [0.4, 0.5) is 5.69 Å². The van der Waals surface area contributed by atoms with Gasteiger partial charge in [0.1, 0.15) is 5.75 Å². The number of hydrogen-bond donors (Lipinski definition) is 1. The molecular formula is C27H26N4O6S. The minimum Gasteiger partial charge on any atom is -0.497 e. The number of fused-ring (bicyclic) bond motifs is 1. The summed E-state index contributed by atoms with van der Waals surface area (Å²) >= 11 is 0. The van der Waals surface area contributed by atoms with Crippen LogP contribution in [0.2, 0.25) is 0 Å². The minimum absolute atomic E-state index is 0.0221. The number of anilines is 1. The van der Waals surface area contributed by atoms with E-state index in [1.807, 2.05) is 12.1 Å². The van der Waals surface area contributed by atoms with Crippen molar-refractivity contribution in [1.29, 1.82) is 0 Å². The number of carbonyl (C=O) groups is 2. The normalized spacial score (nSPS) is 16.3. The standard InChI is InChI=1S/C27H26N4O6S/c1-16-24-22(26(32)28-19-8-4-18(5-9-19)27(33)37-3)14-23(17-6-10-21(36-2)11-7-17)29-25(24)31(30-16)20-12-13-38(34,35)15-20/h4-11,14,20H,12-13,15H2,1-3H3,(H,28,32). The molecule has 11 heteroatoms. The van der Waals surface area contributed by atoms with Crippen LogP contribution in [0.1, 0.15) is 38.9 Å². The number of methoxy groups -OCH3 is 2. The summed E-state index contributed by atoms with van der Waals surface area (Å²) in [4.78, 5) is 30.2. The van der Waals surface area contributed by atoms with Crippen molar-refractivity contribution in [2.24, 2.45) is 0 Å². The topological polar surface area (TPSA) is 129 Å². The molecule has 5 rings (SSSR count). The van der Waals surface area contributed by atoms with E-state index in [2.05, 4.69) is 10.4 Å². The van der Waals surface area contributed by atoms with Gasteiger partial charge in [0.15, 0.2) is 15.5 Å². The highest BCUT2D eigenvalue weighted by Crippen LogP contribution is 2.33. The average molecular weight is 535 g/mol. The number of sulfone groups is 1. The summed E-state index contributed by atoms with van der Waals surface area (Å²) in [7, 11) is -0.285. The zero-order valence-electron chi connectivity index (χ0n) is 21.1. The lowest BCUT2D eigenvalue weighted by Gasteiger charge is -2.13. The highest BCUT2D eigenvalue weighted by Gasteiger charge is 2.32. The molecule has 0 bridgehead atoms. The number of pyridine rings is 1. The van der Waals surface area contributed by atoms with E-state index in [1.165, 1.54) is 7.11 Å². The van der Waals surface area contributed by atoms with Crippen molar-refractivity contribution in [2.75, 3.05) is 31.0 Å². The van der Waals surface area contributed by atoms with Crippen molar-refractivity contribution < 1.29 is 27.5 Å². The van der Waals surface area contributed by atoms with Gasteiger partial charge in [0.2, 0.25) is 0 Å². The molecule has 0 spiro atoms. The summed E-state index contributed by atoms with van der Waals surface area (Å²) < 4.78 is 36.0. The molecular weight excluding hydrogens is 508 g/mol. The van der Waals surface area contributed by atoms with Gasteiger partial charge in [0.05, 0.1) is 59.7 Å². The number of ether oxygens (including phenoxy) is 2. The Morgan fingerprint density at radius 2 is 1.76 bits per heavy atom. The SMILES string of the molecule is COC(=O)c1ccc(NC(=O)c2cc(-c3ccc(OC)cc3)nc3c2c(C)nn3C2CCS(=O)(=O)C2)cc1. The van der Waals surface area contributed by atoms with E-state index in [-0.39, 0.29) is 23.5 Å². The second-order valence-corrected chi connectivity index (χ2v) is 11.3.